The second-order valence-corrected chi connectivity index (χ2v) is 9.12. The summed E-state index contributed by atoms with van der Waals surface area (Å²) in [7, 11) is 0. The summed E-state index contributed by atoms with van der Waals surface area (Å²) in [4.78, 5) is 24.4. The van der Waals surface area contributed by atoms with Gasteiger partial charge in [0.2, 0.25) is 0 Å². The van der Waals surface area contributed by atoms with E-state index < -0.39 is 11.4 Å². The summed E-state index contributed by atoms with van der Waals surface area (Å²) < 4.78 is 6.30. The number of hydrogen-bond acceptors (Lipinski definition) is 5. The molecule has 5 heteroatoms. The van der Waals surface area contributed by atoms with E-state index in [0.29, 0.717) is 30.1 Å². The highest BCUT2D eigenvalue weighted by Gasteiger charge is 2.46. The first-order valence-electron chi connectivity index (χ1n) is 10.1. The Morgan fingerprint density at radius 2 is 1.96 bits per heavy atom. The van der Waals surface area contributed by atoms with Gasteiger partial charge in [-0.25, -0.2) is 0 Å². The lowest BCUT2D eigenvalue weighted by Gasteiger charge is -2.45. The van der Waals surface area contributed by atoms with Crippen LogP contribution < -0.4 is 4.74 Å². The van der Waals surface area contributed by atoms with Gasteiger partial charge in [0.25, 0.3) is 0 Å². The van der Waals surface area contributed by atoms with Crippen molar-refractivity contribution in [2.75, 3.05) is 0 Å². The third-order valence-corrected chi connectivity index (χ3v) is 6.19. The molecule has 3 atom stereocenters. The molecule has 0 aromatic heterocycles. The van der Waals surface area contributed by atoms with Gasteiger partial charge in [0, 0.05) is 17.9 Å². The number of phenolic OH excluding ortho intramolecular Hbond substituents is 2. The second kappa shape index (κ2) is 7.26. The minimum absolute atomic E-state index is 0.0164. The fourth-order valence-corrected chi connectivity index (χ4v) is 4.38. The third kappa shape index (κ3) is 3.31. The van der Waals surface area contributed by atoms with E-state index in [4.69, 9.17) is 4.74 Å². The highest BCUT2D eigenvalue weighted by atomic mass is 16.5. The average Bonchev–Trinajstić information content (AvgIpc) is 2.59. The van der Waals surface area contributed by atoms with E-state index in [1.54, 1.807) is 0 Å². The number of phenols is 2. The molecule has 0 saturated carbocycles. The van der Waals surface area contributed by atoms with E-state index in [-0.39, 0.29) is 46.7 Å². The van der Waals surface area contributed by atoms with Crippen LogP contribution in [0.4, 0.5) is 0 Å². The molecular weight excluding hydrogens is 356 g/mol. The molecule has 1 aliphatic carbocycles. The molecular formula is C23H30O5. The van der Waals surface area contributed by atoms with E-state index in [1.807, 2.05) is 26.8 Å². The maximum atomic E-state index is 12.9. The molecule has 0 saturated heterocycles. The van der Waals surface area contributed by atoms with E-state index >= 15 is 0 Å². The van der Waals surface area contributed by atoms with Crippen molar-refractivity contribution in [2.45, 2.75) is 59.5 Å². The Labute approximate surface area is 166 Å². The molecule has 5 nitrogen and oxygen atoms in total. The molecule has 3 unspecified atom stereocenters. The van der Waals surface area contributed by atoms with Gasteiger partial charge in [-0.1, -0.05) is 33.8 Å². The summed E-state index contributed by atoms with van der Waals surface area (Å²) in [5.74, 6) is 0.274. The molecule has 1 heterocycles. The first-order valence-corrected chi connectivity index (χ1v) is 10.1. The number of hydrogen-bond donors (Lipinski definition) is 2. The van der Waals surface area contributed by atoms with Crippen molar-refractivity contribution in [3.63, 3.8) is 0 Å². The van der Waals surface area contributed by atoms with Crippen molar-refractivity contribution < 1.29 is 24.5 Å². The molecule has 0 radical (unpaired) electrons. The molecule has 0 spiro atoms. The summed E-state index contributed by atoms with van der Waals surface area (Å²) in [5.41, 5.74) is -0.382. The molecule has 152 valence electrons. The molecule has 2 N–H and O–H groups in total. The van der Waals surface area contributed by atoms with E-state index in [0.717, 1.165) is 6.42 Å². The van der Waals surface area contributed by atoms with Gasteiger partial charge in [-0.2, -0.15) is 0 Å². The lowest BCUT2D eigenvalue weighted by molar-refractivity contribution is 0.0298. The number of aldehydes is 1. The molecule has 3 rings (SSSR count). The lowest BCUT2D eigenvalue weighted by Crippen LogP contribution is -2.47. The van der Waals surface area contributed by atoms with Gasteiger partial charge in [0.05, 0.1) is 5.56 Å². The minimum atomic E-state index is -0.618. The Morgan fingerprint density at radius 1 is 1.29 bits per heavy atom. The van der Waals surface area contributed by atoms with Crippen LogP contribution in [0, 0.1) is 23.7 Å². The van der Waals surface area contributed by atoms with Crippen LogP contribution in [0.3, 0.4) is 0 Å². The van der Waals surface area contributed by atoms with Crippen LogP contribution in [0.25, 0.3) is 0 Å². The molecule has 0 amide bonds. The van der Waals surface area contributed by atoms with Gasteiger partial charge in [0.1, 0.15) is 28.4 Å². The first kappa shape index (κ1) is 20.4. The fraction of sp³-hybridized carbons (Fsp3) is 0.565. The van der Waals surface area contributed by atoms with Gasteiger partial charge in [0.15, 0.2) is 12.1 Å². The Morgan fingerprint density at radius 3 is 2.54 bits per heavy atom. The Hall–Kier alpha value is -2.30. The number of ketones is 1. The monoisotopic (exact) mass is 386 g/mol. The van der Waals surface area contributed by atoms with Crippen molar-refractivity contribution in [2.24, 2.45) is 23.7 Å². The van der Waals surface area contributed by atoms with Gasteiger partial charge in [-0.3, -0.25) is 9.59 Å². The van der Waals surface area contributed by atoms with Crippen molar-refractivity contribution in [3.05, 3.63) is 28.8 Å². The fourth-order valence-electron chi connectivity index (χ4n) is 4.38. The van der Waals surface area contributed by atoms with Gasteiger partial charge in [-0.15, -0.1) is 0 Å². The molecule has 1 aliphatic heterocycles. The molecule has 2 aliphatic rings. The van der Waals surface area contributed by atoms with Crippen molar-refractivity contribution in [1.29, 1.82) is 0 Å². The highest BCUT2D eigenvalue weighted by molar-refractivity contribution is 6.05. The van der Waals surface area contributed by atoms with Crippen LogP contribution in [0.5, 0.6) is 17.2 Å². The van der Waals surface area contributed by atoms with E-state index in [9.17, 15) is 19.8 Å². The van der Waals surface area contributed by atoms with E-state index in [2.05, 4.69) is 19.9 Å². The van der Waals surface area contributed by atoms with Gasteiger partial charge < -0.3 is 14.9 Å². The number of carbonyl (C=O) groups excluding carboxylic acids is 2. The smallest absolute Gasteiger partial charge is 0.170 e. The third-order valence-electron chi connectivity index (χ3n) is 6.19. The average molecular weight is 386 g/mol. The Balaban J connectivity index is 2.15. The largest absolute Gasteiger partial charge is 0.507 e. The number of Topliss-reactive ketones (excluding diaryl/α,β-unsaturated/α-hetero) is 1. The predicted molar refractivity (Wildman–Crippen MR) is 107 cm³/mol. The van der Waals surface area contributed by atoms with Crippen LogP contribution in [-0.4, -0.2) is 27.9 Å². The van der Waals surface area contributed by atoms with Crippen LogP contribution >= 0.6 is 0 Å². The number of aromatic hydroxyl groups is 2. The zero-order chi connectivity index (χ0) is 20.8. The summed E-state index contributed by atoms with van der Waals surface area (Å²) in [6.45, 7) is 10.2. The summed E-state index contributed by atoms with van der Waals surface area (Å²) >= 11 is 0. The SMILES string of the molecule is CC(C)CC(=O)c1c(O)c(C=O)c(O)c2c1OC1(C)C=CC(C(C)C)CC1C2. The summed E-state index contributed by atoms with van der Waals surface area (Å²) in [6, 6.07) is 0. The number of allylic oxidation sites excluding steroid dienone is 1. The van der Waals surface area contributed by atoms with E-state index in [1.165, 1.54) is 0 Å². The molecule has 1 aromatic rings. The summed E-state index contributed by atoms with van der Waals surface area (Å²) in [5, 5.41) is 21.2. The maximum absolute atomic E-state index is 12.9. The zero-order valence-corrected chi connectivity index (χ0v) is 17.3. The quantitative estimate of drug-likeness (QED) is 0.436. The van der Waals surface area contributed by atoms with Gasteiger partial charge >= 0.3 is 0 Å². The Bertz CT molecular complexity index is 836. The maximum Gasteiger partial charge on any atom is 0.170 e. The van der Waals surface area contributed by atoms with Crippen molar-refractivity contribution in [1.82, 2.24) is 0 Å². The topological polar surface area (TPSA) is 83.8 Å². The van der Waals surface area contributed by atoms with Crippen LogP contribution in [0.1, 0.15) is 73.7 Å². The van der Waals surface area contributed by atoms with Gasteiger partial charge in [-0.05, 0) is 43.6 Å². The minimum Gasteiger partial charge on any atom is -0.507 e. The standard InChI is InChI=1S/C23H30O5/c1-12(2)8-18(25)19-21(27)17(11-24)20(26)16-10-15-9-14(13(3)4)6-7-23(15,5)28-22(16)19/h6-7,11-15,26-27H,8-10H2,1-5H3. The normalized spacial score (nSPS) is 26.0. The molecule has 1 aromatic carbocycles. The summed E-state index contributed by atoms with van der Waals surface area (Å²) in [6.07, 6.45) is 6.24. The van der Waals surface area contributed by atoms with Crippen LogP contribution in [0.2, 0.25) is 0 Å². The van der Waals surface area contributed by atoms with Crippen molar-refractivity contribution in [3.8, 4) is 17.2 Å². The number of rotatable bonds is 5. The Kier molecular flexibility index (Phi) is 5.30. The first-order chi connectivity index (χ1) is 13.1. The second-order valence-electron chi connectivity index (χ2n) is 9.12. The highest BCUT2D eigenvalue weighted by Crippen LogP contribution is 2.52. The van der Waals surface area contributed by atoms with Crippen molar-refractivity contribution >= 4 is 12.1 Å². The number of ether oxygens (including phenoxy) is 1. The molecule has 0 bridgehead atoms. The predicted octanol–water partition coefficient (Wildman–Crippen LogP) is 4.68. The molecule has 0 fully saturated rings. The van der Waals surface area contributed by atoms with Crippen LogP contribution in [0.15, 0.2) is 12.2 Å². The number of carbonyl (C=O) groups is 2. The zero-order valence-electron chi connectivity index (χ0n) is 17.3. The number of benzene rings is 1. The lowest BCUT2D eigenvalue weighted by atomic mass is 9.69. The number of fused-ring (bicyclic) bond motifs is 2. The van der Waals surface area contributed by atoms with Crippen LogP contribution in [-0.2, 0) is 6.42 Å². The molecule has 28 heavy (non-hydrogen) atoms.